The van der Waals surface area contributed by atoms with Gasteiger partial charge in [-0.25, -0.2) is 8.42 Å². The number of nitrogens with two attached hydrogens (primary N) is 1. The van der Waals surface area contributed by atoms with Gasteiger partial charge < -0.3 is 5.73 Å². The van der Waals surface area contributed by atoms with Crippen LogP contribution >= 0.6 is 35.4 Å². The summed E-state index contributed by atoms with van der Waals surface area (Å²) in [5.41, 5.74) is 5.65. The van der Waals surface area contributed by atoms with Crippen molar-refractivity contribution >= 4 is 56.1 Å². The molecule has 0 saturated carbocycles. The molecule has 0 bridgehead atoms. The Morgan fingerprint density at radius 2 is 2.00 bits per heavy atom. The van der Waals surface area contributed by atoms with Crippen molar-refractivity contribution in [3.05, 3.63) is 52.3 Å². The molecule has 0 saturated heterocycles. The first-order valence-corrected chi connectivity index (χ1v) is 8.18. The molecule has 1 aromatic heterocycles. The number of thiocarbonyl (C=S) groups is 1. The van der Waals surface area contributed by atoms with Crippen molar-refractivity contribution in [3.63, 3.8) is 0 Å². The normalized spacial score (nSPS) is 11.1. The molecule has 3 N–H and O–H groups in total. The molecule has 110 valence electrons. The van der Waals surface area contributed by atoms with Gasteiger partial charge in [0.2, 0.25) is 0 Å². The molecule has 0 amide bonds. The van der Waals surface area contributed by atoms with Crippen LogP contribution in [0.1, 0.15) is 5.69 Å². The van der Waals surface area contributed by atoms with Gasteiger partial charge in [0.25, 0.3) is 10.0 Å². The predicted octanol–water partition coefficient (Wildman–Crippen LogP) is 2.82. The highest BCUT2D eigenvalue weighted by atomic mass is 35.5. The minimum atomic E-state index is -3.95. The van der Waals surface area contributed by atoms with E-state index < -0.39 is 10.0 Å². The minimum absolute atomic E-state index is 0.0122. The molecule has 0 fully saturated rings. The first kappa shape index (κ1) is 16.0. The van der Waals surface area contributed by atoms with Crippen molar-refractivity contribution in [3.8, 4) is 0 Å². The molecule has 1 aromatic carbocycles. The number of anilines is 1. The van der Waals surface area contributed by atoms with Gasteiger partial charge in [0.15, 0.2) is 0 Å². The first-order chi connectivity index (χ1) is 9.81. The molecule has 0 aliphatic rings. The van der Waals surface area contributed by atoms with Crippen LogP contribution in [0.2, 0.25) is 10.0 Å². The first-order valence-electron chi connectivity index (χ1n) is 5.54. The van der Waals surface area contributed by atoms with Gasteiger partial charge in [0, 0.05) is 11.2 Å². The number of hydrogen-bond donors (Lipinski definition) is 2. The second-order valence-corrected chi connectivity index (χ2v) is 6.88. The Kier molecular flexibility index (Phi) is 4.67. The molecule has 1 heterocycles. The standard InChI is InChI=1S/C12H9Cl2N3O2S2/c13-7-3-4-8(14)9(6-7)17-21(18,19)10-2-1-5-16-11(10)12(15)20/h1-6,17H,(H2,15,20). The van der Waals surface area contributed by atoms with E-state index in [9.17, 15) is 8.42 Å². The van der Waals surface area contributed by atoms with Gasteiger partial charge in [-0.3, -0.25) is 9.71 Å². The fourth-order valence-electron chi connectivity index (χ4n) is 1.57. The Balaban J connectivity index is 2.49. The minimum Gasteiger partial charge on any atom is -0.388 e. The van der Waals surface area contributed by atoms with Crippen molar-refractivity contribution in [1.29, 1.82) is 0 Å². The van der Waals surface area contributed by atoms with Crippen molar-refractivity contribution in [2.45, 2.75) is 4.90 Å². The molecule has 0 radical (unpaired) electrons. The average Bonchev–Trinajstić information content (AvgIpc) is 2.42. The fraction of sp³-hybridized carbons (Fsp3) is 0. The monoisotopic (exact) mass is 361 g/mol. The van der Waals surface area contributed by atoms with Crippen molar-refractivity contribution in [2.24, 2.45) is 5.73 Å². The number of aromatic nitrogens is 1. The van der Waals surface area contributed by atoms with Crippen molar-refractivity contribution in [1.82, 2.24) is 4.98 Å². The zero-order chi connectivity index (χ0) is 15.6. The maximum absolute atomic E-state index is 12.4. The number of hydrogen-bond acceptors (Lipinski definition) is 4. The van der Waals surface area contributed by atoms with Gasteiger partial charge in [-0.15, -0.1) is 0 Å². The maximum atomic E-state index is 12.4. The molecular formula is C12H9Cl2N3O2S2. The molecule has 9 heteroatoms. The van der Waals surface area contributed by atoms with E-state index in [1.807, 2.05) is 0 Å². The lowest BCUT2D eigenvalue weighted by atomic mass is 10.3. The number of halogens is 2. The quantitative estimate of drug-likeness (QED) is 0.817. The molecule has 0 unspecified atom stereocenters. The van der Waals surface area contributed by atoms with Crippen LogP contribution in [0.4, 0.5) is 5.69 Å². The Hall–Kier alpha value is -1.41. The predicted molar refractivity (Wildman–Crippen MR) is 87.4 cm³/mol. The number of nitrogens with one attached hydrogen (secondary N) is 1. The number of nitrogens with zero attached hydrogens (tertiary/aromatic N) is 1. The third-order valence-corrected chi connectivity index (χ3v) is 4.62. The summed E-state index contributed by atoms with van der Waals surface area (Å²) in [6.45, 7) is 0. The lowest BCUT2D eigenvalue weighted by molar-refractivity contribution is 0.600. The topological polar surface area (TPSA) is 85.1 Å². The summed E-state index contributed by atoms with van der Waals surface area (Å²) in [6.07, 6.45) is 1.40. The molecule has 21 heavy (non-hydrogen) atoms. The molecule has 0 spiro atoms. The highest BCUT2D eigenvalue weighted by Crippen LogP contribution is 2.28. The summed E-state index contributed by atoms with van der Waals surface area (Å²) in [4.78, 5) is 3.63. The van der Waals surface area contributed by atoms with E-state index in [-0.39, 0.29) is 26.3 Å². The number of benzene rings is 1. The third-order valence-electron chi connectivity index (χ3n) is 2.47. The maximum Gasteiger partial charge on any atom is 0.264 e. The summed E-state index contributed by atoms with van der Waals surface area (Å²) in [5, 5.41) is 0.557. The van der Waals surface area contributed by atoms with Crippen LogP contribution in [-0.4, -0.2) is 18.4 Å². The summed E-state index contributed by atoms with van der Waals surface area (Å²) in [7, 11) is -3.95. The van der Waals surface area contributed by atoms with E-state index in [1.54, 1.807) is 6.07 Å². The summed E-state index contributed by atoms with van der Waals surface area (Å²) in [5.74, 6) is 0. The van der Waals surface area contributed by atoms with Crippen LogP contribution in [0.15, 0.2) is 41.4 Å². The average molecular weight is 362 g/mol. The van der Waals surface area contributed by atoms with E-state index in [0.29, 0.717) is 5.02 Å². The second-order valence-electron chi connectivity index (χ2n) is 3.94. The molecule has 5 nitrogen and oxygen atoms in total. The number of sulfonamides is 1. The molecule has 0 aliphatic carbocycles. The number of rotatable bonds is 4. The van der Waals surface area contributed by atoms with Crippen LogP contribution in [0.3, 0.4) is 0 Å². The fourth-order valence-corrected chi connectivity index (χ4v) is 3.43. The SMILES string of the molecule is NC(=S)c1ncccc1S(=O)(=O)Nc1cc(Cl)ccc1Cl. The van der Waals surface area contributed by atoms with Gasteiger partial charge in [-0.2, -0.15) is 0 Å². The second kappa shape index (κ2) is 6.15. The molecule has 2 aromatic rings. The van der Waals surface area contributed by atoms with E-state index in [2.05, 4.69) is 9.71 Å². The van der Waals surface area contributed by atoms with Crippen LogP contribution in [0.25, 0.3) is 0 Å². The Morgan fingerprint density at radius 1 is 1.29 bits per heavy atom. The molecule has 2 rings (SSSR count). The Morgan fingerprint density at radius 3 is 2.67 bits per heavy atom. The van der Waals surface area contributed by atoms with Crippen molar-refractivity contribution < 1.29 is 8.42 Å². The van der Waals surface area contributed by atoms with Crippen LogP contribution < -0.4 is 10.5 Å². The van der Waals surface area contributed by atoms with E-state index in [0.717, 1.165) is 0 Å². The molecule has 0 aliphatic heterocycles. The Labute approximate surface area is 137 Å². The van der Waals surface area contributed by atoms with Crippen molar-refractivity contribution in [2.75, 3.05) is 4.72 Å². The zero-order valence-electron chi connectivity index (χ0n) is 10.4. The van der Waals surface area contributed by atoms with Crippen LogP contribution in [-0.2, 0) is 10.0 Å². The summed E-state index contributed by atoms with van der Waals surface area (Å²) in [6, 6.07) is 7.25. The van der Waals surface area contributed by atoms with Gasteiger partial charge in [-0.05, 0) is 30.3 Å². The number of pyridine rings is 1. The van der Waals surface area contributed by atoms with Gasteiger partial charge >= 0.3 is 0 Å². The molecule has 0 atom stereocenters. The largest absolute Gasteiger partial charge is 0.388 e. The van der Waals surface area contributed by atoms with Gasteiger partial charge in [0.05, 0.1) is 10.7 Å². The molecular weight excluding hydrogens is 353 g/mol. The highest BCUT2D eigenvalue weighted by molar-refractivity contribution is 7.93. The van der Waals surface area contributed by atoms with E-state index in [4.69, 9.17) is 41.2 Å². The van der Waals surface area contributed by atoms with Crippen LogP contribution in [0, 0.1) is 0 Å². The van der Waals surface area contributed by atoms with E-state index in [1.165, 1.54) is 30.5 Å². The van der Waals surface area contributed by atoms with Gasteiger partial charge in [-0.1, -0.05) is 35.4 Å². The third kappa shape index (κ3) is 3.62. The lowest BCUT2D eigenvalue weighted by Gasteiger charge is -2.12. The van der Waals surface area contributed by atoms with Crippen LogP contribution in [0.5, 0.6) is 0 Å². The Bertz CT molecular complexity index is 810. The summed E-state index contributed by atoms with van der Waals surface area (Å²) >= 11 is 16.6. The highest BCUT2D eigenvalue weighted by Gasteiger charge is 2.21. The van der Waals surface area contributed by atoms with Gasteiger partial charge in [0.1, 0.15) is 15.6 Å². The smallest absolute Gasteiger partial charge is 0.264 e. The zero-order valence-corrected chi connectivity index (χ0v) is 13.5. The summed E-state index contributed by atoms with van der Waals surface area (Å²) < 4.78 is 27.2. The lowest BCUT2D eigenvalue weighted by Crippen LogP contribution is -2.21. The van der Waals surface area contributed by atoms with E-state index >= 15 is 0 Å².